The number of ether oxygens (including phenoxy) is 1. The monoisotopic (exact) mass is 235 g/mol. The fourth-order valence-corrected chi connectivity index (χ4v) is 2.08. The average Bonchev–Trinajstić information content (AvgIpc) is 2.26. The van der Waals surface area contributed by atoms with Crippen molar-refractivity contribution in [2.45, 2.75) is 18.9 Å². The maximum absolute atomic E-state index is 11.9. The highest BCUT2D eigenvalue weighted by molar-refractivity contribution is 5.80. The van der Waals surface area contributed by atoms with Gasteiger partial charge in [-0.3, -0.25) is 4.79 Å². The summed E-state index contributed by atoms with van der Waals surface area (Å²) in [7, 11) is 1.59. The average molecular weight is 235 g/mol. The van der Waals surface area contributed by atoms with Crippen molar-refractivity contribution < 1.29 is 14.6 Å². The summed E-state index contributed by atoms with van der Waals surface area (Å²) in [6.45, 7) is 2.57. The van der Waals surface area contributed by atoms with E-state index in [2.05, 4.69) is 0 Å². The van der Waals surface area contributed by atoms with Gasteiger partial charge >= 0.3 is 0 Å². The molecule has 0 atom stereocenters. The molecule has 1 saturated heterocycles. The van der Waals surface area contributed by atoms with Crippen LogP contribution < -0.4 is 4.74 Å². The first-order chi connectivity index (χ1) is 8.02. The second kappa shape index (κ2) is 4.37. The number of benzene rings is 1. The molecule has 0 aliphatic carbocycles. The quantitative estimate of drug-likeness (QED) is 0.844. The summed E-state index contributed by atoms with van der Waals surface area (Å²) >= 11 is 0. The Bertz CT molecular complexity index is 420. The number of nitrogens with zero attached hydrogens (tertiary/aromatic N) is 1. The molecule has 0 aromatic heterocycles. The van der Waals surface area contributed by atoms with Crippen molar-refractivity contribution in [3.63, 3.8) is 0 Å². The number of amides is 1. The van der Waals surface area contributed by atoms with Crippen molar-refractivity contribution in [2.75, 3.05) is 20.2 Å². The van der Waals surface area contributed by atoms with Crippen LogP contribution >= 0.6 is 0 Å². The zero-order valence-corrected chi connectivity index (χ0v) is 10.1. The van der Waals surface area contributed by atoms with Crippen molar-refractivity contribution in [2.24, 2.45) is 0 Å². The molecule has 4 nitrogen and oxygen atoms in total. The topological polar surface area (TPSA) is 49.8 Å². The van der Waals surface area contributed by atoms with E-state index in [1.165, 1.54) is 0 Å². The number of β-amino-alcohol motifs (C(OH)–C–C–N with tert-alkyl or cyclic N) is 1. The Morgan fingerprint density at radius 1 is 1.47 bits per heavy atom. The van der Waals surface area contributed by atoms with Crippen LogP contribution in [-0.2, 0) is 11.2 Å². The third kappa shape index (κ3) is 2.58. The SMILES string of the molecule is COc1ccccc1CC(=O)N1CC(C)(O)C1. The number of carbonyl (C=O) groups excluding carboxylic acids is 1. The second-order valence-corrected chi connectivity index (χ2v) is 4.74. The Kier molecular flexibility index (Phi) is 3.07. The van der Waals surface area contributed by atoms with Gasteiger partial charge in [-0.15, -0.1) is 0 Å². The number of para-hydroxylation sites is 1. The zero-order chi connectivity index (χ0) is 12.5. The third-order valence-corrected chi connectivity index (χ3v) is 2.95. The number of hydrogen-bond acceptors (Lipinski definition) is 3. The second-order valence-electron chi connectivity index (χ2n) is 4.74. The summed E-state index contributed by atoms with van der Waals surface area (Å²) in [5, 5.41) is 9.58. The lowest BCUT2D eigenvalue weighted by molar-refractivity contribution is -0.151. The number of aliphatic hydroxyl groups is 1. The van der Waals surface area contributed by atoms with Crippen molar-refractivity contribution in [3.05, 3.63) is 29.8 Å². The first kappa shape index (κ1) is 11.9. The lowest BCUT2D eigenvalue weighted by Gasteiger charge is -2.44. The standard InChI is InChI=1S/C13H17NO3/c1-13(16)8-14(9-13)12(15)7-10-5-3-4-6-11(10)17-2/h3-6,16H,7-9H2,1-2H3. The Morgan fingerprint density at radius 3 is 2.71 bits per heavy atom. The van der Waals surface area contributed by atoms with Gasteiger partial charge < -0.3 is 14.7 Å². The predicted octanol–water partition coefficient (Wildman–Crippen LogP) is 0.831. The van der Waals surface area contributed by atoms with Gasteiger partial charge in [0.05, 0.1) is 32.2 Å². The smallest absolute Gasteiger partial charge is 0.227 e. The van der Waals surface area contributed by atoms with E-state index in [4.69, 9.17) is 4.74 Å². The molecule has 1 fully saturated rings. The normalized spacial score (nSPS) is 17.5. The molecule has 4 heteroatoms. The molecule has 0 radical (unpaired) electrons. The van der Waals surface area contributed by atoms with Crippen LogP contribution in [0.4, 0.5) is 0 Å². The van der Waals surface area contributed by atoms with Gasteiger partial charge in [0.25, 0.3) is 0 Å². The van der Waals surface area contributed by atoms with Crippen LogP contribution in [0.2, 0.25) is 0 Å². The maximum Gasteiger partial charge on any atom is 0.227 e. The van der Waals surface area contributed by atoms with E-state index in [-0.39, 0.29) is 5.91 Å². The predicted molar refractivity (Wildman–Crippen MR) is 63.9 cm³/mol. The molecule has 1 amide bonds. The molecule has 0 spiro atoms. The number of likely N-dealkylation sites (tertiary alicyclic amines) is 1. The number of hydrogen-bond donors (Lipinski definition) is 1. The maximum atomic E-state index is 11.9. The highest BCUT2D eigenvalue weighted by atomic mass is 16.5. The summed E-state index contributed by atoms with van der Waals surface area (Å²) in [4.78, 5) is 13.6. The van der Waals surface area contributed by atoms with Crippen LogP contribution in [0.15, 0.2) is 24.3 Å². The summed E-state index contributed by atoms with van der Waals surface area (Å²) in [6.07, 6.45) is 0.320. The van der Waals surface area contributed by atoms with Gasteiger partial charge in [-0.25, -0.2) is 0 Å². The Morgan fingerprint density at radius 2 is 2.12 bits per heavy atom. The van der Waals surface area contributed by atoms with E-state index in [0.29, 0.717) is 19.5 Å². The van der Waals surface area contributed by atoms with E-state index in [1.807, 2.05) is 24.3 Å². The zero-order valence-electron chi connectivity index (χ0n) is 10.1. The molecule has 0 saturated carbocycles. The summed E-state index contributed by atoms with van der Waals surface area (Å²) in [6, 6.07) is 7.49. The Labute approximate surface area is 101 Å². The van der Waals surface area contributed by atoms with Crippen LogP contribution in [0.3, 0.4) is 0 Å². The van der Waals surface area contributed by atoms with Crippen LogP contribution in [0, 0.1) is 0 Å². The lowest BCUT2D eigenvalue weighted by atomic mass is 9.96. The fourth-order valence-electron chi connectivity index (χ4n) is 2.08. The van der Waals surface area contributed by atoms with E-state index in [1.54, 1.807) is 18.9 Å². The first-order valence-corrected chi connectivity index (χ1v) is 5.64. The first-order valence-electron chi connectivity index (χ1n) is 5.64. The molecular formula is C13H17NO3. The van der Waals surface area contributed by atoms with Crippen molar-refractivity contribution in [1.82, 2.24) is 4.90 Å². The minimum absolute atomic E-state index is 0.0287. The molecule has 2 rings (SSSR count). The van der Waals surface area contributed by atoms with Crippen molar-refractivity contribution >= 4 is 5.91 Å². The van der Waals surface area contributed by atoms with Crippen LogP contribution in [0.5, 0.6) is 5.75 Å². The van der Waals surface area contributed by atoms with Crippen LogP contribution in [0.1, 0.15) is 12.5 Å². The van der Waals surface area contributed by atoms with Gasteiger partial charge in [-0.05, 0) is 13.0 Å². The lowest BCUT2D eigenvalue weighted by Crippen LogP contribution is -2.62. The van der Waals surface area contributed by atoms with Gasteiger partial charge in [0.15, 0.2) is 0 Å². The number of methoxy groups -OCH3 is 1. The van der Waals surface area contributed by atoms with Crippen molar-refractivity contribution in [1.29, 1.82) is 0 Å². The van der Waals surface area contributed by atoms with Crippen LogP contribution in [0.25, 0.3) is 0 Å². The molecule has 1 heterocycles. The third-order valence-electron chi connectivity index (χ3n) is 2.95. The van der Waals surface area contributed by atoms with E-state index < -0.39 is 5.60 Å². The van der Waals surface area contributed by atoms with Gasteiger partial charge in [0.1, 0.15) is 5.75 Å². The Balaban J connectivity index is 1.99. The minimum Gasteiger partial charge on any atom is -0.496 e. The molecular weight excluding hydrogens is 218 g/mol. The molecule has 0 bridgehead atoms. The highest BCUT2D eigenvalue weighted by Gasteiger charge is 2.39. The highest BCUT2D eigenvalue weighted by Crippen LogP contribution is 2.23. The van der Waals surface area contributed by atoms with Crippen molar-refractivity contribution in [3.8, 4) is 5.75 Å². The fraction of sp³-hybridized carbons (Fsp3) is 0.462. The van der Waals surface area contributed by atoms with Gasteiger partial charge in [0.2, 0.25) is 5.91 Å². The molecule has 92 valence electrons. The van der Waals surface area contributed by atoms with Gasteiger partial charge in [0, 0.05) is 5.56 Å². The van der Waals surface area contributed by atoms with Gasteiger partial charge in [-0.2, -0.15) is 0 Å². The summed E-state index contributed by atoms with van der Waals surface area (Å²) in [5.41, 5.74) is 0.169. The molecule has 17 heavy (non-hydrogen) atoms. The number of rotatable bonds is 3. The molecule has 1 aromatic rings. The summed E-state index contributed by atoms with van der Waals surface area (Å²) < 4.78 is 5.20. The molecule has 1 aromatic carbocycles. The largest absolute Gasteiger partial charge is 0.496 e. The van der Waals surface area contributed by atoms with E-state index in [9.17, 15) is 9.90 Å². The van der Waals surface area contributed by atoms with E-state index in [0.717, 1.165) is 11.3 Å². The van der Waals surface area contributed by atoms with Crippen LogP contribution in [-0.4, -0.2) is 41.7 Å². The minimum atomic E-state index is -0.712. The Hall–Kier alpha value is -1.55. The molecule has 1 aliphatic heterocycles. The molecule has 1 N–H and O–H groups in total. The number of carbonyl (C=O) groups is 1. The van der Waals surface area contributed by atoms with Gasteiger partial charge in [-0.1, -0.05) is 18.2 Å². The molecule has 1 aliphatic rings. The summed E-state index contributed by atoms with van der Waals surface area (Å²) in [5.74, 6) is 0.758. The molecule has 0 unspecified atom stereocenters. The van der Waals surface area contributed by atoms with E-state index >= 15 is 0 Å².